The molecule has 1 aliphatic rings. The number of benzene rings is 1. The molecule has 1 aliphatic heterocycles. The summed E-state index contributed by atoms with van der Waals surface area (Å²) in [7, 11) is 0. The lowest BCUT2D eigenvalue weighted by Gasteiger charge is -2.39. The van der Waals surface area contributed by atoms with Gasteiger partial charge >= 0.3 is 0 Å². The fourth-order valence-electron chi connectivity index (χ4n) is 2.26. The van der Waals surface area contributed by atoms with Gasteiger partial charge in [0, 0.05) is 20.0 Å². The zero-order chi connectivity index (χ0) is 15.5. The highest BCUT2D eigenvalue weighted by atomic mass is 16.5. The Kier molecular flexibility index (Phi) is 4.17. The van der Waals surface area contributed by atoms with Crippen LogP contribution < -0.4 is 0 Å². The summed E-state index contributed by atoms with van der Waals surface area (Å²) >= 11 is 0. The minimum absolute atomic E-state index is 0.0703. The second kappa shape index (κ2) is 6.25. The van der Waals surface area contributed by atoms with E-state index in [1.807, 2.05) is 6.07 Å². The first-order chi connectivity index (χ1) is 10.6. The summed E-state index contributed by atoms with van der Waals surface area (Å²) in [5.41, 5.74) is 0.596. The zero-order valence-electron chi connectivity index (χ0n) is 12.2. The predicted molar refractivity (Wildman–Crippen MR) is 75.6 cm³/mol. The molecular formula is C15H17N3O4. The maximum absolute atomic E-state index is 12.1. The first kappa shape index (κ1) is 14.7. The number of rotatable bonds is 5. The van der Waals surface area contributed by atoms with Gasteiger partial charge in [-0.2, -0.15) is 0 Å². The van der Waals surface area contributed by atoms with Crippen LogP contribution in [0.25, 0.3) is 0 Å². The van der Waals surface area contributed by atoms with Gasteiger partial charge < -0.3 is 19.2 Å². The molecule has 1 aromatic heterocycles. The molecule has 0 radical (unpaired) electrons. The molecule has 2 heterocycles. The van der Waals surface area contributed by atoms with Gasteiger partial charge in [-0.05, 0) is 5.56 Å². The summed E-state index contributed by atoms with van der Waals surface area (Å²) in [6, 6.07) is 8.89. The van der Waals surface area contributed by atoms with Crippen LogP contribution in [0.5, 0.6) is 0 Å². The van der Waals surface area contributed by atoms with Gasteiger partial charge in [-0.1, -0.05) is 30.3 Å². The molecule has 1 atom stereocenters. The zero-order valence-corrected chi connectivity index (χ0v) is 12.2. The molecule has 0 aliphatic carbocycles. The first-order valence-corrected chi connectivity index (χ1v) is 7.06. The number of aliphatic hydroxyl groups excluding tert-OH is 1. The van der Waals surface area contributed by atoms with E-state index in [9.17, 15) is 9.90 Å². The number of aryl methyl sites for hydroxylation is 1. The molecule has 0 saturated carbocycles. The van der Waals surface area contributed by atoms with Crippen LogP contribution in [0.15, 0.2) is 34.7 Å². The van der Waals surface area contributed by atoms with Crippen LogP contribution in [0.3, 0.4) is 0 Å². The maximum atomic E-state index is 12.1. The van der Waals surface area contributed by atoms with Crippen LogP contribution in [-0.2, 0) is 16.1 Å². The summed E-state index contributed by atoms with van der Waals surface area (Å²) < 4.78 is 10.8. The number of ether oxygens (including phenoxy) is 1. The first-order valence-electron chi connectivity index (χ1n) is 7.06. The highest BCUT2D eigenvalue weighted by Gasteiger charge is 2.35. The second-order valence-electron chi connectivity index (χ2n) is 5.20. The Morgan fingerprint density at radius 3 is 2.77 bits per heavy atom. The summed E-state index contributed by atoms with van der Waals surface area (Å²) in [5, 5.41) is 17.6. The van der Waals surface area contributed by atoms with Crippen molar-refractivity contribution >= 4 is 5.91 Å². The Hall–Kier alpha value is -2.25. The van der Waals surface area contributed by atoms with Crippen LogP contribution in [0.4, 0.5) is 0 Å². The minimum Gasteiger partial charge on any atom is -0.423 e. The molecule has 22 heavy (non-hydrogen) atoms. The van der Waals surface area contributed by atoms with Gasteiger partial charge in [0.2, 0.25) is 11.8 Å². The van der Waals surface area contributed by atoms with Gasteiger partial charge in [0.1, 0.15) is 6.61 Å². The van der Waals surface area contributed by atoms with Gasteiger partial charge in [0.25, 0.3) is 5.91 Å². The standard InChI is InChI=1S/C15H17N3O4/c1-10-16-17-13(22-10)9-21-12-7-18(8-12)15(20)14(19)11-5-3-2-4-6-11/h2-6,12,14,19H,7-9H2,1H3/t14-/m1/s1. The number of likely N-dealkylation sites (tertiary alicyclic amines) is 1. The summed E-state index contributed by atoms with van der Waals surface area (Å²) in [6.07, 6.45) is -1.19. The smallest absolute Gasteiger partial charge is 0.256 e. The average Bonchev–Trinajstić information content (AvgIpc) is 2.91. The van der Waals surface area contributed by atoms with E-state index >= 15 is 0 Å². The summed E-state index contributed by atoms with van der Waals surface area (Å²) in [6.45, 7) is 2.85. The van der Waals surface area contributed by atoms with Gasteiger partial charge in [0.15, 0.2) is 6.10 Å². The summed E-state index contributed by atoms with van der Waals surface area (Å²) in [5.74, 6) is 0.612. The Bertz CT molecular complexity index is 637. The van der Waals surface area contributed by atoms with E-state index in [1.54, 1.807) is 36.1 Å². The molecule has 0 unspecified atom stereocenters. The van der Waals surface area contributed by atoms with Crippen molar-refractivity contribution < 1.29 is 19.1 Å². The van der Waals surface area contributed by atoms with E-state index in [-0.39, 0.29) is 18.6 Å². The fraction of sp³-hybridized carbons (Fsp3) is 0.400. The number of carbonyl (C=O) groups excluding carboxylic acids is 1. The monoisotopic (exact) mass is 303 g/mol. The Labute approximate surface area is 127 Å². The van der Waals surface area contributed by atoms with Crippen LogP contribution in [-0.4, -0.2) is 45.3 Å². The van der Waals surface area contributed by atoms with Crippen molar-refractivity contribution in [3.63, 3.8) is 0 Å². The normalized spacial score (nSPS) is 16.4. The predicted octanol–water partition coefficient (Wildman–Crippen LogP) is 0.839. The van der Waals surface area contributed by atoms with Crippen molar-refractivity contribution in [2.45, 2.75) is 25.7 Å². The Morgan fingerprint density at radius 2 is 2.14 bits per heavy atom. The van der Waals surface area contributed by atoms with Crippen molar-refractivity contribution in [2.24, 2.45) is 0 Å². The summed E-state index contributed by atoms with van der Waals surface area (Å²) in [4.78, 5) is 13.7. The van der Waals surface area contributed by atoms with Gasteiger partial charge in [0.05, 0.1) is 6.10 Å². The van der Waals surface area contributed by atoms with E-state index in [4.69, 9.17) is 9.15 Å². The fourth-order valence-corrected chi connectivity index (χ4v) is 2.26. The molecule has 3 rings (SSSR count). The molecule has 0 bridgehead atoms. The third kappa shape index (κ3) is 3.15. The van der Waals surface area contributed by atoms with Crippen LogP contribution in [0.1, 0.15) is 23.4 Å². The van der Waals surface area contributed by atoms with Crippen LogP contribution in [0.2, 0.25) is 0 Å². The number of aromatic nitrogens is 2. The number of nitrogens with zero attached hydrogens (tertiary/aromatic N) is 3. The van der Waals surface area contributed by atoms with E-state index in [0.29, 0.717) is 30.4 Å². The molecule has 1 amide bonds. The molecule has 0 spiro atoms. The van der Waals surface area contributed by atoms with Gasteiger partial charge in [-0.15, -0.1) is 10.2 Å². The largest absolute Gasteiger partial charge is 0.423 e. The lowest BCUT2D eigenvalue weighted by Crippen LogP contribution is -2.55. The maximum Gasteiger partial charge on any atom is 0.256 e. The van der Waals surface area contributed by atoms with E-state index in [0.717, 1.165) is 0 Å². The lowest BCUT2D eigenvalue weighted by atomic mass is 10.1. The number of hydrogen-bond donors (Lipinski definition) is 1. The van der Waals surface area contributed by atoms with E-state index < -0.39 is 6.10 Å². The minimum atomic E-state index is -1.12. The number of hydrogen-bond acceptors (Lipinski definition) is 6. The van der Waals surface area contributed by atoms with Crippen molar-refractivity contribution in [3.05, 3.63) is 47.7 Å². The molecule has 1 fully saturated rings. The Morgan fingerprint density at radius 1 is 1.41 bits per heavy atom. The van der Waals surface area contributed by atoms with Crippen LogP contribution in [0, 0.1) is 6.92 Å². The van der Waals surface area contributed by atoms with Crippen molar-refractivity contribution in [2.75, 3.05) is 13.1 Å². The highest BCUT2D eigenvalue weighted by molar-refractivity contribution is 5.82. The van der Waals surface area contributed by atoms with Crippen molar-refractivity contribution in [1.29, 1.82) is 0 Å². The Balaban J connectivity index is 1.45. The quantitative estimate of drug-likeness (QED) is 0.880. The van der Waals surface area contributed by atoms with Gasteiger partial charge in [-0.3, -0.25) is 4.79 Å². The topological polar surface area (TPSA) is 88.7 Å². The molecule has 1 aromatic carbocycles. The van der Waals surface area contributed by atoms with E-state index in [1.165, 1.54) is 0 Å². The lowest BCUT2D eigenvalue weighted by molar-refractivity contribution is -0.155. The molecule has 7 nitrogen and oxygen atoms in total. The second-order valence-corrected chi connectivity index (χ2v) is 5.20. The number of amides is 1. The third-order valence-electron chi connectivity index (χ3n) is 3.52. The van der Waals surface area contributed by atoms with E-state index in [2.05, 4.69) is 10.2 Å². The molecule has 2 aromatic rings. The third-order valence-corrected chi connectivity index (χ3v) is 3.52. The van der Waals surface area contributed by atoms with Crippen molar-refractivity contribution in [1.82, 2.24) is 15.1 Å². The van der Waals surface area contributed by atoms with Crippen LogP contribution >= 0.6 is 0 Å². The molecular weight excluding hydrogens is 286 g/mol. The van der Waals surface area contributed by atoms with Gasteiger partial charge in [-0.25, -0.2) is 0 Å². The average molecular weight is 303 g/mol. The molecule has 116 valence electrons. The molecule has 1 saturated heterocycles. The molecule has 7 heteroatoms. The molecule has 1 N–H and O–H groups in total. The SMILES string of the molecule is Cc1nnc(COC2CN(C(=O)[C@H](O)c3ccccc3)C2)o1. The highest BCUT2D eigenvalue weighted by Crippen LogP contribution is 2.21. The number of aliphatic hydroxyl groups is 1. The van der Waals surface area contributed by atoms with Crippen molar-refractivity contribution in [3.8, 4) is 0 Å². The number of carbonyl (C=O) groups is 1.